The van der Waals surface area contributed by atoms with Crippen LogP contribution in [0.4, 0.5) is 13.2 Å². The molecule has 0 amide bonds. The highest BCUT2D eigenvalue weighted by molar-refractivity contribution is 5.25. The molecule has 3 nitrogen and oxygen atoms in total. The topological polar surface area (TPSA) is 41.5 Å². The van der Waals surface area contributed by atoms with Gasteiger partial charge in [-0.05, 0) is 11.6 Å². The predicted molar refractivity (Wildman–Crippen MR) is 63.5 cm³/mol. The van der Waals surface area contributed by atoms with Gasteiger partial charge in [-0.15, -0.1) is 0 Å². The van der Waals surface area contributed by atoms with Gasteiger partial charge in [0.1, 0.15) is 5.60 Å². The van der Waals surface area contributed by atoms with Gasteiger partial charge in [-0.2, -0.15) is 13.2 Å². The first kappa shape index (κ1) is 14.3. The van der Waals surface area contributed by atoms with Crippen LogP contribution < -0.4 is 5.32 Å². The lowest BCUT2D eigenvalue weighted by Gasteiger charge is -2.20. The second-order valence-corrected chi connectivity index (χ2v) is 4.83. The lowest BCUT2D eigenvalue weighted by atomic mass is 10.0. The minimum absolute atomic E-state index is 0.266. The van der Waals surface area contributed by atoms with E-state index in [-0.39, 0.29) is 13.2 Å². The van der Waals surface area contributed by atoms with Crippen LogP contribution in [0.2, 0.25) is 0 Å². The van der Waals surface area contributed by atoms with Crippen LogP contribution in [-0.2, 0) is 17.5 Å². The number of alkyl halides is 3. The molecule has 0 bridgehead atoms. The first-order valence-electron chi connectivity index (χ1n) is 6.06. The molecule has 1 aliphatic heterocycles. The van der Waals surface area contributed by atoms with Gasteiger partial charge in [0.15, 0.2) is 0 Å². The molecule has 1 heterocycles. The molecule has 19 heavy (non-hydrogen) atoms. The van der Waals surface area contributed by atoms with E-state index in [4.69, 9.17) is 4.74 Å². The predicted octanol–water partition coefficient (Wildman–Crippen LogP) is 1.95. The first-order chi connectivity index (χ1) is 8.89. The van der Waals surface area contributed by atoms with Gasteiger partial charge in [0, 0.05) is 26.1 Å². The fourth-order valence-electron chi connectivity index (χ4n) is 2.03. The van der Waals surface area contributed by atoms with Crippen molar-refractivity contribution in [2.24, 2.45) is 0 Å². The van der Waals surface area contributed by atoms with Crippen LogP contribution in [0.1, 0.15) is 17.5 Å². The molecular formula is C13H16F3NO2. The number of hydrogen-bond acceptors (Lipinski definition) is 3. The van der Waals surface area contributed by atoms with Crippen LogP contribution in [0.5, 0.6) is 0 Å². The maximum absolute atomic E-state index is 12.5. The van der Waals surface area contributed by atoms with E-state index in [1.54, 1.807) is 6.07 Å². The summed E-state index contributed by atoms with van der Waals surface area (Å²) in [7, 11) is 0. The molecule has 1 fully saturated rings. The summed E-state index contributed by atoms with van der Waals surface area (Å²) in [6.45, 7) is 1.37. The van der Waals surface area contributed by atoms with Crippen molar-refractivity contribution in [1.29, 1.82) is 0 Å². The lowest BCUT2D eigenvalue weighted by Crippen LogP contribution is -2.40. The fraction of sp³-hybridized carbons (Fsp3) is 0.538. The number of halogens is 3. The Kier molecular flexibility index (Phi) is 4.13. The van der Waals surface area contributed by atoms with Crippen LogP contribution in [0, 0.1) is 0 Å². The minimum Gasteiger partial charge on any atom is -0.386 e. The van der Waals surface area contributed by atoms with E-state index < -0.39 is 17.3 Å². The van der Waals surface area contributed by atoms with E-state index in [1.165, 1.54) is 6.07 Å². The second kappa shape index (κ2) is 5.48. The maximum atomic E-state index is 12.5. The summed E-state index contributed by atoms with van der Waals surface area (Å²) in [4.78, 5) is 0. The summed E-state index contributed by atoms with van der Waals surface area (Å²) in [5.74, 6) is 0. The van der Waals surface area contributed by atoms with Crippen molar-refractivity contribution in [2.75, 3.05) is 19.8 Å². The Morgan fingerprint density at radius 2 is 2.16 bits per heavy atom. The van der Waals surface area contributed by atoms with E-state index in [2.05, 4.69) is 5.32 Å². The molecule has 1 unspecified atom stereocenters. The number of aliphatic hydroxyl groups is 1. The Morgan fingerprint density at radius 1 is 1.37 bits per heavy atom. The summed E-state index contributed by atoms with van der Waals surface area (Å²) in [5.41, 5.74) is -1.02. The van der Waals surface area contributed by atoms with E-state index >= 15 is 0 Å². The van der Waals surface area contributed by atoms with Crippen molar-refractivity contribution < 1.29 is 23.0 Å². The average Bonchev–Trinajstić information content (AvgIpc) is 2.76. The molecule has 1 aromatic carbocycles. The van der Waals surface area contributed by atoms with Crippen LogP contribution >= 0.6 is 0 Å². The third-order valence-electron chi connectivity index (χ3n) is 3.12. The first-order valence-corrected chi connectivity index (χ1v) is 6.06. The number of benzene rings is 1. The van der Waals surface area contributed by atoms with Gasteiger partial charge in [0.05, 0.1) is 12.2 Å². The van der Waals surface area contributed by atoms with Gasteiger partial charge in [-0.1, -0.05) is 18.2 Å². The highest BCUT2D eigenvalue weighted by Gasteiger charge is 2.32. The van der Waals surface area contributed by atoms with E-state index in [0.717, 1.165) is 12.1 Å². The zero-order chi connectivity index (χ0) is 13.9. The number of rotatable bonds is 4. The number of hydrogen-bond donors (Lipinski definition) is 2. The van der Waals surface area contributed by atoms with Gasteiger partial charge in [0.2, 0.25) is 0 Å². The van der Waals surface area contributed by atoms with Crippen molar-refractivity contribution in [3.8, 4) is 0 Å². The van der Waals surface area contributed by atoms with Crippen molar-refractivity contribution in [1.82, 2.24) is 5.32 Å². The molecule has 2 rings (SSSR count). The van der Waals surface area contributed by atoms with Crippen LogP contribution in [-0.4, -0.2) is 30.5 Å². The normalized spacial score (nSPS) is 23.8. The summed E-state index contributed by atoms with van der Waals surface area (Å²) in [6.07, 6.45) is -3.78. The third-order valence-corrected chi connectivity index (χ3v) is 3.12. The van der Waals surface area contributed by atoms with Crippen molar-refractivity contribution in [2.45, 2.75) is 24.7 Å². The Morgan fingerprint density at radius 3 is 2.79 bits per heavy atom. The largest absolute Gasteiger partial charge is 0.416 e. The lowest BCUT2D eigenvalue weighted by molar-refractivity contribution is -0.137. The molecule has 6 heteroatoms. The smallest absolute Gasteiger partial charge is 0.386 e. The molecule has 1 aromatic rings. The van der Waals surface area contributed by atoms with Crippen LogP contribution in [0.15, 0.2) is 24.3 Å². The number of ether oxygens (including phenoxy) is 1. The zero-order valence-electron chi connectivity index (χ0n) is 10.3. The molecule has 1 atom stereocenters. The molecule has 0 radical (unpaired) electrons. The van der Waals surface area contributed by atoms with Gasteiger partial charge >= 0.3 is 6.18 Å². The van der Waals surface area contributed by atoms with E-state index in [0.29, 0.717) is 25.1 Å². The van der Waals surface area contributed by atoms with Crippen molar-refractivity contribution >= 4 is 0 Å². The average molecular weight is 275 g/mol. The van der Waals surface area contributed by atoms with Gasteiger partial charge in [0.25, 0.3) is 0 Å². The third kappa shape index (κ3) is 3.92. The highest BCUT2D eigenvalue weighted by Crippen LogP contribution is 2.29. The Balaban J connectivity index is 1.89. The molecular weight excluding hydrogens is 259 g/mol. The molecule has 1 aliphatic rings. The van der Waals surface area contributed by atoms with Gasteiger partial charge in [-0.3, -0.25) is 0 Å². The molecule has 1 saturated heterocycles. The summed E-state index contributed by atoms with van der Waals surface area (Å²) >= 11 is 0. The Labute approximate surface area is 109 Å². The molecule has 0 saturated carbocycles. The standard InChI is InChI=1S/C13H16F3NO2/c14-13(15,16)11-3-1-2-10(6-11)7-17-8-12(18)4-5-19-9-12/h1-3,6,17-18H,4-5,7-9H2. The Bertz CT molecular complexity index is 428. The summed E-state index contributed by atoms with van der Waals surface area (Å²) in [5, 5.41) is 13.0. The SMILES string of the molecule is OC1(CNCc2cccc(C(F)(F)F)c2)CCOC1. The molecule has 2 N–H and O–H groups in total. The molecule has 0 aromatic heterocycles. The quantitative estimate of drug-likeness (QED) is 0.882. The zero-order valence-corrected chi connectivity index (χ0v) is 10.3. The fourth-order valence-corrected chi connectivity index (χ4v) is 2.03. The second-order valence-electron chi connectivity index (χ2n) is 4.83. The number of nitrogens with one attached hydrogen (secondary N) is 1. The molecule has 0 spiro atoms. The van der Waals surface area contributed by atoms with Gasteiger partial charge < -0.3 is 15.2 Å². The van der Waals surface area contributed by atoms with Crippen LogP contribution in [0.3, 0.4) is 0 Å². The minimum atomic E-state index is -4.33. The Hall–Kier alpha value is -1.11. The van der Waals surface area contributed by atoms with Crippen molar-refractivity contribution in [3.63, 3.8) is 0 Å². The van der Waals surface area contributed by atoms with E-state index in [9.17, 15) is 18.3 Å². The van der Waals surface area contributed by atoms with E-state index in [1.807, 2.05) is 0 Å². The summed E-state index contributed by atoms with van der Waals surface area (Å²) < 4.78 is 42.6. The van der Waals surface area contributed by atoms with Crippen LogP contribution in [0.25, 0.3) is 0 Å². The molecule has 0 aliphatic carbocycles. The summed E-state index contributed by atoms with van der Waals surface area (Å²) in [6, 6.07) is 5.16. The highest BCUT2D eigenvalue weighted by atomic mass is 19.4. The van der Waals surface area contributed by atoms with Gasteiger partial charge in [-0.25, -0.2) is 0 Å². The molecule has 106 valence electrons. The monoisotopic (exact) mass is 275 g/mol. The van der Waals surface area contributed by atoms with Crippen molar-refractivity contribution in [3.05, 3.63) is 35.4 Å². The maximum Gasteiger partial charge on any atom is 0.416 e.